The van der Waals surface area contributed by atoms with Gasteiger partial charge in [0.05, 0.1) is 17.9 Å². The summed E-state index contributed by atoms with van der Waals surface area (Å²) in [4.78, 5) is 25.3. The van der Waals surface area contributed by atoms with Crippen molar-refractivity contribution in [2.45, 2.75) is 26.2 Å². The van der Waals surface area contributed by atoms with Crippen molar-refractivity contribution in [3.05, 3.63) is 90.0 Å². The Balaban J connectivity index is 1.65. The van der Waals surface area contributed by atoms with E-state index in [4.69, 9.17) is 4.74 Å². The van der Waals surface area contributed by atoms with Crippen molar-refractivity contribution in [3.63, 3.8) is 0 Å². The lowest BCUT2D eigenvalue weighted by atomic mass is 10.1. The predicted molar refractivity (Wildman–Crippen MR) is 120 cm³/mol. The molecule has 0 spiro atoms. The molecular weight excluding hydrogens is 376 g/mol. The third-order valence-corrected chi connectivity index (χ3v) is 4.58. The standard InChI is InChI=1S/C25H26N2O3/c1-2-3-9-18-30-21-16-14-19(15-17-21)24(28)27-23-13-8-7-12-22(23)25(29)26-20-10-5-4-6-11-20/h4-8,10-17H,2-3,9,18H2,1H3,(H,26,29)(H,27,28). The summed E-state index contributed by atoms with van der Waals surface area (Å²) in [7, 11) is 0. The van der Waals surface area contributed by atoms with E-state index < -0.39 is 0 Å². The van der Waals surface area contributed by atoms with E-state index in [2.05, 4.69) is 17.6 Å². The molecule has 0 fully saturated rings. The first kappa shape index (κ1) is 21.1. The molecule has 0 saturated carbocycles. The maximum absolute atomic E-state index is 12.7. The quantitative estimate of drug-likeness (QED) is 0.447. The zero-order chi connectivity index (χ0) is 21.2. The summed E-state index contributed by atoms with van der Waals surface area (Å²) in [6.45, 7) is 2.82. The zero-order valence-corrected chi connectivity index (χ0v) is 17.1. The summed E-state index contributed by atoms with van der Waals surface area (Å²) >= 11 is 0. The normalized spacial score (nSPS) is 10.3. The molecule has 0 aliphatic rings. The largest absolute Gasteiger partial charge is 0.494 e. The molecule has 3 aromatic carbocycles. The molecule has 154 valence electrons. The number of rotatable bonds is 9. The average molecular weight is 402 g/mol. The monoisotopic (exact) mass is 402 g/mol. The molecule has 0 unspecified atom stereocenters. The minimum Gasteiger partial charge on any atom is -0.494 e. The molecule has 3 aromatic rings. The fourth-order valence-electron chi connectivity index (χ4n) is 2.95. The summed E-state index contributed by atoms with van der Waals surface area (Å²) in [6.07, 6.45) is 3.30. The number of hydrogen-bond donors (Lipinski definition) is 2. The molecule has 5 nitrogen and oxygen atoms in total. The number of amides is 2. The van der Waals surface area contributed by atoms with Gasteiger partial charge < -0.3 is 15.4 Å². The van der Waals surface area contributed by atoms with Crippen LogP contribution in [0.5, 0.6) is 5.75 Å². The van der Waals surface area contributed by atoms with Crippen molar-refractivity contribution < 1.29 is 14.3 Å². The van der Waals surface area contributed by atoms with Gasteiger partial charge in [0.2, 0.25) is 0 Å². The van der Waals surface area contributed by atoms with E-state index >= 15 is 0 Å². The Hall–Kier alpha value is -3.60. The molecule has 0 bridgehead atoms. The van der Waals surface area contributed by atoms with E-state index in [1.165, 1.54) is 0 Å². The lowest BCUT2D eigenvalue weighted by Gasteiger charge is -2.12. The number of para-hydroxylation sites is 2. The second kappa shape index (κ2) is 10.8. The van der Waals surface area contributed by atoms with Crippen LogP contribution in [-0.2, 0) is 0 Å². The van der Waals surface area contributed by atoms with Gasteiger partial charge in [0.25, 0.3) is 11.8 Å². The third-order valence-electron chi connectivity index (χ3n) is 4.58. The maximum Gasteiger partial charge on any atom is 0.257 e. The first-order valence-electron chi connectivity index (χ1n) is 10.2. The number of benzene rings is 3. The summed E-state index contributed by atoms with van der Waals surface area (Å²) in [5.74, 6) is 0.172. The minimum absolute atomic E-state index is 0.284. The summed E-state index contributed by atoms with van der Waals surface area (Å²) in [5.41, 5.74) is 2.04. The minimum atomic E-state index is -0.285. The van der Waals surface area contributed by atoms with Crippen LogP contribution in [0.15, 0.2) is 78.9 Å². The van der Waals surface area contributed by atoms with E-state index in [-0.39, 0.29) is 11.8 Å². The summed E-state index contributed by atoms with van der Waals surface area (Å²) in [6, 6.07) is 23.1. The molecule has 0 atom stereocenters. The lowest BCUT2D eigenvalue weighted by molar-refractivity contribution is 0.102. The third kappa shape index (κ3) is 5.95. The first-order valence-corrected chi connectivity index (χ1v) is 10.2. The van der Waals surface area contributed by atoms with Crippen LogP contribution < -0.4 is 15.4 Å². The average Bonchev–Trinajstić information content (AvgIpc) is 2.78. The van der Waals surface area contributed by atoms with Gasteiger partial charge in [-0.05, 0) is 55.0 Å². The fourth-order valence-corrected chi connectivity index (χ4v) is 2.95. The van der Waals surface area contributed by atoms with Crippen molar-refractivity contribution in [3.8, 4) is 5.75 Å². The van der Waals surface area contributed by atoms with E-state index in [9.17, 15) is 9.59 Å². The van der Waals surface area contributed by atoms with Crippen molar-refractivity contribution in [2.24, 2.45) is 0 Å². The van der Waals surface area contributed by atoms with Crippen molar-refractivity contribution in [1.29, 1.82) is 0 Å². The van der Waals surface area contributed by atoms with Crippen LogP contribution in [0.4, 0.5) is 11.4 Å². The maximum atomic E-state index is 12.7. The predicted octanol–water partition coefficient (Wildman–Crippen LogP) is 5.76. The molecule has 0 heterocycles. The zero-order valence-electron chi connectivity index (χ0n) is 17.1. The molecule has 2 amide bonds. The van der Waals surface area contributed by atoms with Gasteiger partial charge in [-0.25, -0.2) is 0 Å². The Morgan fingerprint density at radius 3 is 2.20 bits per heavy atom. The summed E-state index contributed by atoms with van der Waals surface area (Å²) in [5, 5.41) is 5.67. The molecule has 0 aromatic heterocycles. The van der Waals surface area contributed by atoms with Crippen LogP contribution >= 0.6 is 0 Å². The molecule has 5 heteroatoms. The number of carbonyl (C=O) groups is 2. The highest BCUT2D eigenvalue weighted by molar-refractivity contribution is 6.12. The second-order valence-electron chi connectivity index (χ2n) is 6.90. The van der Waals surface area contributed by atoms with Crippen LogP contribution in [0.25, 0.3) is 0 Å². The lowest BCUT2D eigenvalue weighted by Crippen LogP contribution is -2.18. The second-order valence-corrected chi connectivity index (χ2v) is 6.90. The van der Waals surface area contributed by atoms with Crippen LogP contribution in [0.3, 0.4) is 0 Å². The van der Waals surface area contributed by atoms with Gasteiger partial charge in [0, 0.05) is 11.3 Å². The van der Waals surface area contributed by atoms with Crippen molar-refractivity contribution >= 4 is 23.2 Å². The molecular formula is C25H26N2O3. The number of unbranched alkanes of at least 4 members (excludes halogenated alkanes) is 2. The Kier molecular flexibility index (Phi) is 7.61. The van der Waals surface area contributed by atoms with E-state index in [0.29, 0.717) is 29.1 Å². The van der Waals surface area contributed by atoms with Gasteiger partial charge in [-0.3, -0.25) is 9.59 Å². The number of nitrogens with one attached hydrogen (secondary N) is 2. The van der Waals surface area contributed by atoms with Gasteiger partial charge in [-0.1, -0.05) is 50.1 Å². The van der Waals surface area contributed by atoms with Crippen LogP contribution in [-0.4, -0.2) is 18.4 Å². The molecule has 30 heavy (non-hydrogen) atoms. The van der Waals surface area contributed by atoms with E-state index in [1.807, 2.05) is 30.3 Å². The highest BCUT2D eigenvalue weighted by Crippen LogP contribution is 2.19. The van der Waals surface area contributed by atoms with Gasteiger partial charge in [0.1, 0.15) is 5.75 Å². The SMILES string of the molecule is CCCCCOc1ccc(C(=O)Nc2ccccc2C(=O)Nc2ccccc2)cc1. The Morgan fingerprint density at radius 1 is 0.767 bits per heavy atom. The summed E-state index contributed by atoms with van der Waals surface area (Å²) < 4.78 is 5.68. The van der Waals surface area contributed by atoms with Gasteiger partial charge >= 0.3 is 0 Å². The van der Waals surface area contributed by atoms with E-state index in [1.54, 1.807) is 48.5 Å². The smallest absolute Gasteiger partial charge is 0.257 e. The first-order chi connectivity index (χ1) is 14.7. The molecule has 2 N–H and O–H groups in total. The number of hydrogen-bond acceptors (Lipinski definition) is 3. The van der Waals surface area contributed by atoms with Crippen molar-refractivity contribution in [1.82, 2.24) is 0 Å². The van der Waals surface area contributed by atoms with Crippen LogP contribution in [0.2, 0.25) is 0 Å². The fraction of sp³-hybridized carbons (Fsp3) is 0.200. The molecule has 0 aliphatic carbocycles. The Morgan fingerprint density at radius 2 is 1.47 bits per heavy atom. The van der Waals surface area contributed by atoms with Gasteiger partial charge in [-0.15, -0.1) is 0 Å². The number of ether oxygens (including phenoxy) is 1. The Bertz CT molecular complexity index is 969. The molecule has 0 aliphatic heterocycles. The van der Waals surface area contributed by atoms with Gasteiger partial charge in [0.15, 0.2) is 0 Å². The number of carbonyl (C=O) groups excluding carboxylic acids is 2. The van der Waals surface area contributed by atoms with Crippen LogP contribution in [0, 0.1) is 0 Å². The molecule has 3 rings (SSSR count). The molecule has 0 saturated heterocycles. The Labute approximate surface area is 177 Å². The topological polar surface area (TPSA) is 67.4 Å². The van der Waals surface area contributed by atoms with Crippen LogP contribution in [0.1, 0.15) is 46.9 Å². The van der Waals surface area contributed by atoms with Gasteiger partial charge in [-0.2, -0.15) is 0 Å². The highest BCUT2D eigenvalue weighted by atomic mass is 16.5. The van der Waals surface area contributed by atoms with E-state index in [0.717, 1.165) is 25.0 Å². The molecule has 0 radical (unpaired) electrons. The highest BCUT2D eigenvalue weighted by Gasteiger charge is 2.14. The van der Waals surface area contributed by atoms with Crippen molar-refractivity contribution in [2.75, 3.05) is 17.2 Å². The number of anilines is 2.